The Morgan fingerprint density at radius 3 is 2.38 bits per heavy atom. The van der Waals surface area contributed by atoms with Crippen LogP contribution in [-0.2, 0) is 9.47 Å². The third kappa shape index (κ3) is 2.52. The van der Waals surface area contributed by atoms with Crippen molar-refractivity contribution in [2.75, 3.05) is 18.9 Å². The van der Waals surface area contributed by atoms with Crippen LogP contribution in [-0.4, -0.2) is 25.2 Å². The summed E-state index contributed by atoms with van der Waals surface area (Å²) in [5, 5.41) is 1.50. The summed E-state index contributed by atoms with van der Waals surface area (Å²) in [6.45, 7) is 3.94. The Hall–Kier alpha value is -1.56. The van der Waals surface area contributed by atoms with E-state index in [0.29, 0.717) is 0 Å². The molecule has 0 unspecified atom stereocenters. The Bertz CT molecular complexity index is 364. The van der Waals surface area contributed by atoms with E-state index >= 15 is 0 Å². The maximum atomic E-state index is 11.4. The van der Waals surface area contributed by atoms with E-state index in [1.165, 1.54) is 5.38 Å². The van der Waals surface area contributed by atoms with E-state index in [4.69, 9.17) is 15.2 Å². The molecule has 1 rings (SSSR count). The molecule has 5 nitrogen and oxygen atoms in total. The van der Waals surface area contributed by atoms with Gasteiger partial charge in [-0.1, -0.05) is 0 Å². The van der Waals surface area contributed by atoms with Gasteiger partial charge in [0.2, 0.25) is 0 Å². The second-order valence-corrected chi connectivity index (χ2v) is 3.71. The zero-order valence-electron chi connectivity index (χ0n) is 9.11. The summed E-state index contributed by atoms with van der Waals surface area (Å²) in [4.78, 5) is 23.1. The monoisotopic (exact) mass is 243 g/mol. The molecule has 0 aromatic carbocycles. The Morgan fingerprint density at radius 1 is 1.25 bits per heavy atom. The molecule has 0 saturated carbocycles. The smallest absolute Gasteiger partial charge is 0.350 e. The molecule has 0 amide bonds. The Labute approximate surface area is 97.2 Å². The Balaban J connectivity index is 2.92. The molecule has 88 valence electrons. The van der Waals surface area contributed by atoms with Crippen LogP contribution in [0.4, 0.5) is 5.69 Å². The van der Waals surface area contributed by atoms with Gasteiger partial charge in [0.25, 0.3) is 0 Å². The van der Waals surface area contributed by atoms with Gasteiger partial charge in [0, 0.05) is 5.38 Å². The Morgan fingerprint density at radius 2 is 1.81 bits per heavy atom. The highest BCUT2D eigenvalue weighted by Crippen LogP contribution is 2.26. The zero-order chi connectivity index (χ0) is 12.1. The van der Waals surface area contributed by atoms with Crippen molar-refractivity contribution < 1.29 is 19.1 Å². The van der Waals surface area contributed by atoms with Crippen molar-refractivity contribution in [1.29, 1.82) is 0 Å². The van der Waals surface area contributed by atoms with E-state index in [0.717, 1.165) is 11.3 Å². The highest BCUT2D eigenvalue weighted by atomic mass is 32.1. The molecular formula is C10H13NO4S. The number of ether oxygens (including phenoxy) is 2. The van der Waals surface area contributed by atoms with Crippen LogP contribution in [0, 0.1) is 0 Å². The average molecular weight is 243 g/mol. The molecule has 0 aliphatic heterocycles. The van der Waals surface area contributed by atoms with Gasteiger partial charge in [-0.15, -0.1) is 11.3 Å². The van der Waals surface area contributed by atoms with Crippen LogP contribution in [0.25, 0.3) is 0 Å². The van der Waals surface area contributed by atoms with E-state index < -0.39 is 11.9 Å². The van der Waals surface area contributed by atoms with E-state index in [1.54, 1.807) is 13.8 Å². The number of thiophene rings is 1. The van der Waals surface area contributed by atoms with Crippen LogP contribution in [0.5, 0.6) is 0 Å². The van der Waals surface area contributed by atoms with Gasteiger partial charge in [-0.05, 0) is 13.8 Å². The third-order valence-electron chi connectivity index (χ3n) is 1.79. The minimum Gasteiger partial charge on any atom is -0.462 e. The number of carbonyl (C=O) groups is 2. The highest BCUT2D eigenvalue weighted by Gasteiger charge is 2.21. The highest BCUT2D eigenvalue weighted by molar-refractivity contribution is 7.13. The first-order chi connectivity index (χ1) is 7.61. The summed E-state index contributed by atoms with van der Waals surface area (Å²) in [5.41, 5.74) is 6.02. The summed E-state index contributed by atoms with van der Waals surface area (Å²) in [6.07, 6.45) is 0. The molecule has 0 radical (unpaired) electrons. The second kappa shape index (κ2) is 5.50. The SMILES string of the molecule is CCOC(=O)c1csc(C(=O)OCC)c1N. The fourth-order valence-electron chi connectivity index (χ4n) is 1.09. The van der Waals surface area contributed by atoms with Gasteiger partial charge in [0.05, 0.1) is 24.5 Å². The number of hydrogen-bond acceptors (Lipinski definition) is 6. The van der Waals surface area contributed by atoms with Crippen molar-refractivity contribution >= 4 is 29.0 Å². The van der Waals surface area contributed by atoms with Gasteiger partial charge in [0.15, 0.2) is 0 Å². The van der Waals surface area contributed by atoms with Crippen molar-refractivity contribution in [2.24, 2.45) is 0 Å². The van der Waals surface area contributed by atoms with E-state index in [-0.39, 0.29) is 29.3 Å². The first-order valence-electron chi connectivity index (χ1n) is 4.83. The lowest BCUT2D eigenvalue weighted by molar-refractivity contribution is 0.0527. The van der Waals surface area contributed by atoms with Crippen LogP contribution < -0.4 is 5.73 Å². The Kier molecular flexibility index (Phi) is 4.30. The number of nitrogen functional groups attached to an aromatic ring is 1. The molecule has 1 aromatic heterocycles. The van der Waals surface area contributed by atoms with Gasteiger partial charge in [-0.2, -0.15) is 0 Å². The molecule has 16 heavy (non-hydrogen) atoms. The lowest BCUT2D eigenvalue weighted by Crippen LogP contribution is -2.09. The van der Waals surface area contributed by atoms with E-state index in [9.17, 15) is 9.59 Å². The standard InChI is InChI=1S/C10H13NO4S/c1-3-14-9(12)6-5-16-8(7(6)11)10(13)15-4-2/h5H,3-4,11H2,1-2H3. The largest absolute Gasteiger partial charge is 0.462 e. The van der Waals surface area contributed by atoms with Crippen LogP contribution >= 0.6 is 11.3 Å². The molecular weight excluding hydrogens is 230 g/mol. The van der Waals surface area contributed by atoms with E-state index in [1.807, 2.05) is 0 Å². The summed E-state index contributed by atoms with van der Waals surface area (Å²) in [7, 11) is 0. The maximum Gasteiger partial charge on any atom is 0.350 e. The van der Waals surface area contributed by atoms with Crippen molar-refractivity contribution in [3.8, 4) is 0 Å². The summed E-state index contributed by atoms with van der Waals surface area (Å²) >= 11 is 1.08. The predicted octanol–water partition coefficient (Wildman–Crippen LogP) is 1.68. The summed E-state index contributed by atoms with van der Waals surface area (Å²) < 4.78 is 9.60. The topological polar surface area (TPSA) is 78.6 Å². The summed E-state index contributed by atoms with van der Waals surface area (Å²) in [5.74, 6) is -1.03. The number of esters is 2. The first kappa shape index (κ1) is 12.5. The number of rotatable bonds is 4. The number of anilines is 1. The van der Waals surface area contributed by atoms with Crippen molar-refractivity contribution in [2.45, 2.75) is 13.8 Å². The first-order valence-corrected chi connectivity index (χ1v) is 5.70. The lowest BCUT2D eigenvalue weighted by Gasteiger charge is -2.02. The van der Waals surface area contributed by atoms with Gasteiger partial charge in [-0.25, -0.2) is 9.59 Å². The molecule has 0 aliphatic carbocycles. The van der Waals surface area contributed by atoms with Crippen LogP contribution in [0.15, 0.2) is 5.38 Å². The molecule has 0 atom stereocenters. The maximum absolute atomic E-state index is 11.4. The second-order valence-electron chi connectivity index (χ2n) is 2.83. The van der Waals surface area contributed by atoms with Gasteiger partial charge in [0.1, 0.15) is 4.88 Å². The van der Waals surface area contributed by atoms with Crippen LogP contribution in [0.1, 0.15) is 33.9 Å². The molecule has 0 fully saturated rings. The van der Waals surface area contributed by atoms with Gasteiger partial charge >= 0.3 is 11.9 Å². The average Bonchev–Trinajstić information content (AvgIpc) is 2.61. The van der Waals surface area contributed by atoms with Gasteiger partial charge in [-0.3, -0.25) is 0 Å². The molecule has 0 aliphatic rings. The minimum absolute atomic E-state index is 0.127. The fourth-order valence-corrected chi connectivity index (χ4v) is 1.94. The van der Waals surface area contributed by atoms with Crippen molar-refractivity contribution in [3.63, 3.8) is 0 Å². The quantitative estimate of drug-likeness (QED) is 0.814. The number of hydrogen-bond donors (Lipinski definition) is 1. The predicted molar refractivity (Wildman–Crippen MR) is 60.6 cm³/mol. The van der Waals surface area contributed by atoms with Crippen LogP contribution in [0.3, 0.4) is 0 Å². The molecule has 2 N–H and O–H groups in total. The minimum atomic E-state index is -0.521. The third-order valence-corrected chi connectivity index (χ3v) is 2.76. The molecule has 6 heteroatoms. The number of nitrogens with two attached hydrogens (primary N) is 1. The van der Waals surface area contributed by atoms with E-state index in [2.05, 4.69) is 0 Å². The molecule has 1 heterocycles. The molecule has 1 aromatic rings. The van der Waals surface area contributed by atoms with Gasteiger partial charge < -0.3 is 15.2 Å². The number of carbonyl (C=O) groups excluding carboxylic acids is 2. The zero-order valence-corrected chi connectivity index (χ0v) is 9.93. The molecule has 0 bridgehead atoms. The van der Waals surface area contributed by atoms with Crippen LogP contribution in [0.2, 0.25) is 0 Å². The van der Waals surface area contributed by atoms with Crippen molar-refractivity contribution in [3.05, 3.63) is 15.8 Å². The normalized spacial score (nSPS) is 9.88. The molecule has 0 spiro atoms. The van der Waals surface area contributed by atoms with Crippen molar-refractivity contribution in [1.82, 2.24) is 0 Å². The summed E-state index contributed by atoms with van der Waals surface area (Å²) in [6, 6.07) is 0. The fraction of sp³-hybridized carbons (Fsp3) is 0.400. The lowest BCUT2D eigenvalue weighted by atomic mass is 10.2. The molecule has 0 saturated heterocycles.